The molecule has 1 atom stereocenters. The molecule has 0 radical (unpaired) electrons. The van der Waals surface area contributed by atoms with E-state index in [1.54, 1.807) is 7.11 Å². The van der Waals surface area contributed by atoms with Crippen molar-refractivity contribution in [3.8, 4) is 0 Å². The van der Waals surface area contributed by atoms with E-state index in [1.807, 2.05) is 0 Å². The van der Waals surface area contributed by atoms with Gasteiger partial charge in [0.15, 0.2) is 0 Å². The van der Waals surface area contributed by atoms with Gasteiger partial charge < -0.3 is 10.5 Å². The van der Waals surface area contributed by atoms with Crippen molar-refractivity contribution in [2.24, 2.45) is 5.73 Å². The third-order valence-corrected chi connectivity index (χ3v) is 4.04. The maximum absolute atomic E-state index is 5.95. The van der Waals surface area contributed by atoms with E-state index >= 15 is 0 Å². The van der Waals surface area contributed by atoms with Gasteiger partial charge in [-0.1, -0.05) is 30.7 Å². The van der Waals surface area contributed by atoms with Crippen molar-refractivity contribution in [3.05, 3.63) is 35.4 Å². The van der Waals surface area contributed by atoms with Gasteiger partial charge in [-0.3, -0.25) is 4.90 Å². The van der Waals surface area contributed by atoms with E-state index in [4.69, 9.17) is 10.5 Å². The molecule has 0 spiro atoms. The Morgan fingerprint density at radius 2 is 2.00 bits per heavy atom. The summed E-state index contributed by atoms with van der Waals surface area (Å²) in [5, 5.41) is 0. The summed E-state index contributed by atoms with van der Waals surface area (Å²) in [6.45, 7) is 1.35. The average molecular weight is 248 g/mol. The van der Waals surface area contributed by atoms with Crippen LogP contribution in [0.5, 0.6) is 0 Å². The fourth-order valence-corrected chi connectivity index (χ4v) is 2.59. The molecule has 0 heterocycles. The summed E-state index contributed by atoms with van der Waals surface area (Å²) in [6, 6.07) is 9.69. The van der Waals surface area contributed by atoms with Crippen molar-refractivity contribution in [1.29, 1.82) is 0 Å². The van der Waals surface area contributed by atoms with Crippen molar-refractivity contribution in [2.45, 2.75) is 38.0 Å². The second-order valence-electron chi connectivity index (χ2n) is 5.18. The monoisotopic (exact) mass is 248 g/mol. The van der Waals surface area contributed by atoms with Gasteiger partial charge in [-0.2, -0.15) is 0 Å². The lowest BCUT2D eigenvalue weighted by Crippen LogP contribution is -2.42. The number of hydrogen-bond donors (Lipinski definition) is 1. The summed E-state index contributed by atoms with van der Waals surface area (Å²) >= 11 is 0. The number of benzene rings is 1. The van der Waals surface area contributed by atoms with Crippen molar-refractivity contribution in [2.75, 3.05) is 20.7 Å². The molecule has 0 bridgehead atoms. The van der Waals surface area contributed by atoms with Crippen LogP contribution in [-0.4, -0.2) is 31.6 Å². The second kappa shape index (κ2) is 6.32. The largest absolute Gasteiger partial charge is 0.380 e. The molecule has 3 heteroatoms. The van der Waals surface area contributed by atoms with E-state index in [0.717, 1.165) is 6.04 Å². The van der Waals surface area contributed by atoms with Crippen LogP contribution in [0.3, 0.4) is 0 Å². The lowest BCUT2D eigenvalue weighted by molar-refractivity contribution is 0.113. The number of likely N-dealkylation sites (N-methyl/N-ethyl adjacent to an activating group) is 1. The Hall–Kier alpha value is -0.900. The molecule has 1 unspecified atom stereocenters. The number of methoxy groups -OCH3 is 1. The maximum Gasteiger partial charge on any atom is 0.0713 e. The van der Waals surface area contributed by atoms with Gasteiger partial charge in [0.25, 0.3) is 0 Å². The van der Waals surface area contributed by atoms with E-state index in [2.05, 4.69) is 36.2 Å². The summed E-state index contributed by atoms with van der Waals surface area (Å²) < 4.78 is 5.13. The van der Waals surface area contributed by atoms with Crippen LogP contribution in [-0.2, 0) is 11.3 Å². The number of ether oxygens (including phenoxy) is 1. The van der Waals surface area contributed by atoms with Crippen LogP contribution in [0.15, 0.2) is 24.3 Å². The Balaban J connectivity index is 2.06. The zero-order valence-electron chi connectivity index (χ0n) is 11.4. The zero-order valence-corrected chi connectivity index (χ0v) is 11.4. The van der Waals surface area contributed by atoms with Gasteiger partial charge in [0, 0.05) is 25.7 Å². The lowest BCUT2D eigenvalue weighted by Gasteiger charge is -2.39. The van der Waals surface area contributed by atoms with E-state index in [0.29, 0.717) is 19.2 Å². The van der Waals surface area contributed by atoms with Gasteiger partial charge in [0.1, 0.15) is 0 Å². The van der Waals surface area contributed by atoms with Gasteiger partial charge in [-0.15, -0.1) is 0 Å². The molecule has 2 N–H and O–H groups in total. The van der Waals surface area contributed by atoms with Crippen LogP contribution in [0.4, 0.5) is 0 Å². The fraction of sp³-hybridized carbons (Fsp3) is 0.600. The standard InChI is InChI=1S/C15H24N2O/c1-17(14-4-3-5-14)15(10-16)13-8-6-12(7-9-13)11-18-2/h6-9,14-15H,3-5,10-11,16H2,1-2H3. The number of hydrogen-bond acceptors (Lipinski definition) is 3. The highest BCUT2D eigenvalue weighted by Crippen LogP contribution is 2.30. The Kier molecular flexibility index (Phi) is 4.75. The number of nitrogens with zero attached hydrogens (tertiary/aromatic N) is 1. The molecule has 1 aliphatic rings. The predicted molar refractivity (Wildman–Crippen MR) is 74.4 cm³/mol. The van der Waals surface area contributed by atoms with Gasteiger partial charge in [-0.25, -0.2) is 0 Å². The van der Waals surface area contributed by atoms with Crippen LogP contribution in [0.25, 0.3) is 0 Å². The molecule has 1 aromatic rings. The normalized spacial score (nSPS) is 17.8. The molecule has 0 aliphatic heterocycles. The molecule has 1 saturated carbocycles. The summed E-state index contributed by atoms with van der Waals surface area (Å²) in [5.41, 5.74) is 8.48. The third kappa shape index (κ3) is 2.91. The van der Waals surface area contributed by atoms with Gasteiger partial charge in [0.2, 0.25) is 0 Å². The fourth-order valence-electron chi connectivity index (χ4n) is 2.59. The summed E-state index contributed by atoms with van der Waals surface area (Å²) in [6.07, 6.45) is 3.99. The minimum atomic E-state index is 0.340. The van der Waals surface area contributed by atoms with E-state index in [-0.39, 0.29) is 0 Å². The highest BCUT2D eigenvalue weighted by molar-refractivity contribution is 5.25. The van der Waals surface area contributed by atoms with Crippen molar-refractivity contribution < 1.29 is 4.74 Å². The Morgan fingerprint density at radius 1 is 1.33 bits per heavy atom. The first-order valence-electron chi connectivity index (χ1n) is 6.76. The molecule has 0 saturated heterocycles. The smallest absolute Gasteiger partial charge is 0.0713 e. The van der Waals surface area contributed by atoms with Crippen molar-refractivity contribution in [3.63, 3.8) is 0 Å². The molecule has 0 amide bonds. The van der Waals surface area contributed by atoms with Crippen LogP contribution in [0.1, 0.15) is 36.4 Å². The predicted octanol–water partition coefficient (Wildman–Crippen LogP) is 2.32. The minimum absolute atomic E-state index is 0.340. The summed E-state index contributed by atoms with van der Waals surface area (Å²) in [7, 11) is 3.92. The average Bonchev–Trinajstić information content (AvgIpc) is 2.30. The molecule has 3 nitrogen and oxygen atoms in total. The minimum Gasteiger partial charge on any atom is -0.380 e. The van der Waals surface area contributed by atoms with Crippen LogP contribution in [0.2, 0.25) is 0 Å². The maximum atomic E-state index is 5.95. The van der Waals surface area contributed by atoms with Crippen molar-refractivity contribution in [1.82, 2.24) is 4.90 Å². The summed E-state index contributed by atoms with van der Waals surface area (Å²) in [4.78, 5) is 2.44. The molecule has 1 aliphatic carbocycles. The van der Waals surface area contributed by atoms with Crippen LogP contribution >= 0.6 is 0 Å². The molecular weight excluding hydrogens is 224 g/mol. The topological polar surface area (TPSA) is 38.5 Å². The van der Waals surface area contributed by atoms with Gasteiger partial charge in [-0.05, 0) is 31.0 Å². The van der Waals surface area contributed by atoms with Crippen LogP contribution < -0.4 is 5.73 Å². The van der Waals surface area contributed by atoms with Crippen LogP contribution in [0, 0.1) is 0 Å². The van der Waals surface area contributed by atoms with E-state index < -0.39 is 0 Å². The molecule has 18 heavy (non-hydrogen) atoms. The molecule has 0 aromatic heterocycles. The third-order valence-electron chi connectivity index (χ3n) is 4.04. The quantitative estimate of drug-likeness (QED) is 0.839. The first-order chi connectivity index (χ1) is 8.76. The Morgan fingerprint density at radius 3 is 2.44 bits per heavy atom. The first-order valence-corrected chi connectivity index (χ1v) is 6.76. The Labute approximate surface area is 110 Å². The number of rotatable bonds is 6. The molecule has 1 aromatic carbocycles. The highest BCUT2D eigenvalue weighted by atomic mass is 16.5. The highest BCUT2D eigenvalue weighted by Gasteiger charge is 2.27. The number of nitrogens with two attached hydrogens (primary N) is 1. The first kappa shape index (κ1) is 13.5. The second-order valence-corrected chi connectivity index (χ2v) is 5.18. The van der Waals surface area contributed by atoms with E-state index in [1.165, 1.54) is 30.4 Å². The zero-order chi connectivity index (χ0) is 13.0. The van der Waals surface area contributed by atoms with Gasteiger partial charge >= 0.3 is 0 Å². The molecule has 100 valence electrons. The van der Waals surface area contributed by atoms with E-state index in [9.17, 15) is 0 Å². The summed E-state index contributed by atoms with van der Waals surface area (Å²) in [5.74, 6) is 0. The van der Waals surface area contributed by atoms with Crippen molar-refractivity contribution >= 4 is 0 Å². The Bertz CT molecular complexity index is 359. The molecule has 2 rings (SSSR count). The lowest BCUT2D eigenvalue weighted by atomic mass is 9.89. The molecule has 1 fully saturated rings. The van der Waals surface area contributed by atoms with Gasteiger partial charge in [0.05, 0.1) is 6.61 Å². The molecular formula is C15H24N2O. The SMILES string of the molecule is COCc1ccc(C(CN)N(C)C2CCC2)cc1.